The van der Waals surface area contributed by atoms with E-state index in [1.54, 1.807) is 6.20 Å². The van der Waals surface area contributed by atoms with Crippen molar-refractivity contribution in [3.8, 4) is 0 Å². The molecule has 0 aliphatic carbocycles. The topological polar surface area (TPSA) is 42.0 Å². The van der Waals surface area contributed by atoms with Crippen LogP contribution in [0.2, 0.25) is 0 Å². The van der Waals surface area contributed by atoms with Crippen LogP contribution >= 0.6 is 0 Å². The van der Waals surface area contributed by atoms with Crippen LogP contribution in [0.25, 0.3) is 0 Å². The summed E-state index contributed by atoms with van der Waals surface area (Å²) < 4.78 is 0. The molecule has 0 bridgehead atoms. The predicted molar refractivity (Wildman–Crippen MR) is 53.2 cm³/mol. The number of nitrogens with one attached hydrogen (secondary N) is 1. The van der Waals surface area contributed by atoms with Gasteiger partial charge in [-0.3, -0.25) is 9.78 Å². The van der Waals surface area contributed by atoms with Crippen molar-refractivity contribution >= 4 is 5.91 Å². The Morgan fingerprint density at radius 2 is 2.46 bits per heavy atom. The number of pyridine rings is 1. The van der Waals surface area contributed by atoms with Crippen molar-refractivity contribution in [2.45, 2.75) is 26.8 Å². The standard InChI is InChI=1S/C10H14N2O.H2/c1-3-10(13)12-7-9-8(2)5-4-6-11-9;/h4-6H,3,7H2,1-2H3,(H,12,13);1H. The molecule has 1 heterocycles. The van der Waals surface area contributed by atoms with Crippen molar-refractivity contribution < 1.29 is 6.22 Å². The van der Waals surface area contributed by atoms with Gasteiger partial charge in [0.2, 0.25) is 5.91 Å². The number of amides is 1. The van der Waals surface area contributed by atoms with E-state index in [9.17, 15) is 4.79 Å². The molecule has 0 aliphatic heterocycles. The number of nitrogens with zero attached hydrogens (tertiary/aromatic N) is 1. The smallest absolute Gasteiger partial charge is 0.220 e. The van der Waals surface area contributed by atoms with E-state index in [1.165, 1.54) is 0 Å². The Kier molecular flexibility index (Phi) is 3.43. The van der Waals surface area contributed by atoms with Crippen molar-refractivity contribution in [2.75, 3.05) is 0 Å². The molecule has 0 aromatic carbocycles. The summed E-state index contributed by atoms with van der Waals surface area (Å²) in [6.45, 7) is 4.35. The van der Waals surface area contributed by atoms with Crippen molar-refractivity contribution in [1.29, 1.82) is 0 Å². The molecule has 0 fully saturated rings. The quantitative estimate of drug-likeness (QED) is 0.768. The highest BCUT2D eigenvalue weighted by molar-refractivity contribution is 5.75. The molecule has 0 saturated carbocycles. The maximum absolute atomic E-state index is 11.0. The molecule has 1 aromatic rings. The lowest BCUT2D eigenvalue weighted by molar-refractivity contribution is -0.120. The van der Waals surface area contributed by atoms with Crippen LogP contribution in [-0.4, -0.2) is 10.9 Å². The fourth-order valence-electron chi connectivity index (χ4n) is 1.01. The second kappa shape index (κ2) is 4.60. The summed E-state index contributed by atoms with van der Waals surface area (Å²) in [5.41, 5.74) is 2.04. The average molecular weight is 180 g/mol. The summed E-state index contributed by atoms with van der Waals surface area (Å²) in [6, 6.07) is 3.88. The third kappa shape index (κ3) is 2.86. The summed E-state index contributed by atoms with van der Waals surface area (Å²) in [4.78, 5) is 15.1. The Hall–Kier alpha value is -1.38. The summed E-state index contributed by atoms with van der Waals surface area (Å²) in [6.07, 6.45) is 2.26. The number of carbonyl (C=O) groups excluding carboxylic acids is 1. The fraction of sp³-hybridized carbons (Fsp3) is 0.400. The SMILES string of the molecule is CCC(=O)NCc1ncccc1C.[HH]. The van der Waals surface area contributed by atoms with Gasteiger partial charge in [0.05, 0.1) is 12.2 Å². The van der Waals surface area contributed by atoms with Gasteiger partial charge >= 0.3 is 0 Å². The van der Waals surface area contributed by atoms with Gasteiger partial charge in [-0.2, -0.15) is 0 Å². The predicted octanol–water partition coefficient (Wildman–Crippen LogP) is 1.66. The van der Waals surface area contributed by atoms with Crippen LogP contribution in [0.3, 0.4) is 0 Å². The van der Waals surface area contributed by atoms with E-state index in [0.29, 0.717) is 13.0 Å². The van der Waals surface area contributed by atoms with Gasteiger partial charge in [0.1, 0.15) is 0 Å². The summed E-state index contributed by atoms with van der Waals surface area (Å²) in [5.74, 6) is 0.0602. The van der Waals surface area contributed by atoms with Crippen LogP contribution in [0.5, 0.6) is 0 Å². The Morgan fingerprint density at radius 3 is 3.08 bits per heavy atom. The molecule has 3 nitrogen and oxygen atoms in total. The third-order valence-electron chi connectivity index (χ3n) is 1.89. The number of rotatable bonds is 3. The average Bonchev–Trinajstić information content (AvgIpc) is 2.16. The van der Waals surface area contributed by atoms with Gasteiger partial charge in [0.15, 0.2) is 0 Å². The first-order valence-electron chi connectivity index (χ1n) is 4.41. The molecule has 0 spiro atoms. The molecule has 1 aromatic heterocycles. The van der Waals surface area contributed by atoms with E-state index < -0.39 is 0 Å². The first kappa shape index (κ1) is 9.71. The molecule has 1 amide bonds. The Bertz CT molecular complexity index is 302. The highest BCUT2D eigenvalue weighted by Gasteiger charge is 2.00. The first-order chi connectivity index (χ1) is 6.24. The van der Waals surface area contributed by atoms with Crippen LogP contribution in [0.1, 0.15) is 26.0 Å². The maximum Gasteiger partial charge on any atom is 0.220 e. The largest absolute Gasteiger partial charge is 0.350 e. The zero-order valence-corrected chi connectivity index (χ0v) is 8.00. The van der Waals surface area contributed by atoms with Gasteiger partial charge in [0, 0.05) is 14.0 Å². The maximum atomic E-state index is 11.0. The Morgan fingerprint density at radius 1 is 1.69 bits per heavy atom. The number of aryl methyl sites for hydroxylation is 1. The molecular weight excluding hydrogens is 164 g/mol. The van der Waals surface area contributed by atoms with Crippen LogP contribution in [-0.2, 0) is 11.3 Å². The van der Waals surface area contributed by atoms with Gasteiger partial charge in [-0.05, 0) is 18.6 Å². The Labute approximate surface area is 79.7 Å². The molecule has 0 radical (unpaired) electrons. The van der Waals surface area contributed by atoms with E-state index in [4.69, 9.17) is 0 Å². The second-order valence-electron chi connectivity index (χ2n) is 2.90. The first-order valence-corrected chi connectivity index (χ1v) is 4.41. The minimum absolute atomic E-state index is 0. The van der Waals surface area contributed by atoms with E-state index in [1.807, 2.05) is 26.0 Å². The van der Waals surface area contributed by atoms with E-state index in [2.05, 4.69) is 10.3 Å². The summed E-state index contributed by atoms with van der Waals surface area (Å²) >= 11 is 0. The van der Waals surface area contributed by atoms with Crippen molar-refractivity contribution in [2.24, 2.45) is 0 Å². The van der Waals surface area contributed by atoms with E-state index in [0.717, 1.165) is 11.3 Å². The van der Waals surface area contributed by atoms with E-state index in [-0.39, 0.29) is 7.33 Å². The van der Waals surface area contributed by atoms with Crippen LogP contribution in [0.4, 0.5) is 0 Å². The molecule has 1 rings (SSSR count). The zero-order valence-electron chi connectivity index (χ0n) is 8.00. The van der Waals surface area contributed by atoms with Crippen LogP contribution in [0, 0.1) is 6.92 Å². The number of hydrogen-bond acceptors (Lipinski definition) is 2. The van der Waals surface area contributed by atoms with Gasteiger partial charge in [-0.15, -0.1) is 0 Å². The zero-order chi connectivity index (χ0) is 9.68. The minimum Gasteiger partial charge on any atom is -0.350 e. The molecule has 3 heteroatoms. The van der Waals surface area contributed by atoms with E-state index >= 15 is 0 Å². The number of aromatic nitrogens is 1. The highest BCUT2D eigenvalue weighted by atomic mass is 16.1. The number of hydrogen-bond donors (Lipinski definition) is 1. The molecule has 13 heavy (non-hydrogen) atoms. The number of carbonyl (C=O) groups is 1. The monoisotopic (exact) mass is 180 g/mol. The van der Waals surface area contributed by atoms with Crippen LogP contribution < -0.4 is 5.32 Å². The molecule has 0 atom stereocenters. The lowest BCUT2D eigenvalue weighted by atomic mass is 10.2. The molecule has 0 unspecified atom stereocenters. The Balaban J connectivity index is 0.00000169. The van der Waals surface area contributed by atoms with Crippen molar-refractivity contribution in [3.63, 3.8) is 0 Å². The van der Waals surface area contributed by atoms with Gasteiger partial charge in [0.25, 0.3) is 0 Å². The second-order valence-corrected chi connectivity index (χ2v) is 2.90. The normalized spacial score (nSPS) is 9.69. The minimum atomic E-state index is 0. The molecule has 1 N–H and O–H groups in total. The van der Waals surface area contributed by atoms with Gasteiger partial charge in [-0.25, -0.2) is 0 Å². The lowest BCUT2D eigenvalue weighted by Crippen LogP contribution is -2.22. The van der Waals surface area contributed by atoms with Crippen LogP contribution in [0.15, 0.2) is 18.3 Å². The molecule has 72 valence electrons. The van der Waals surface area contributed by atoms with Gasteiger partial charge < -0.3 is 5.32 Å². The molecule has 0 aliphatic rings. The summed E-state index contributed by atoms with van der Waals surface area (Å²) in [7, 11) is 0. The fourth-order valence-corrected chi connectivity index (χ4v) is 1.01. The summed E-state index contributed by atoms with van der Waals surface area (Å²) in [5, 5.41) is 2.79. The molecule has 0 saturated heterocycles. The third-order valence-corrected chi connectivity index (χ3v) is 1.89. The highest BCUT2D eigenvalue weighted by Crippen LogP contribution is 2.01. The van der Waals surface area contributed by atoms with Crippen molar-refractivity contribution in [1.82, 2.24) is 10.3 Å². The van der Waals surface area contributed by atoms with Crippen molar-refractivity contribution in [3.05, 3.63) is 29.6 Å². The van der Waals surface area contributed by atoms with Gasteiger partial charge in [-0.1, -0.05) is 13.0 Å². The molecular formula is C10H16N2O. The lowest BCUT2D eigenvalue weighted by Gasteiger charge is -2.04.